The molecule has 4 nitrogen and oxygen atoms in total. The van der Waals surface area contributed by atoms with Crippen LogP contribution in [0.15, 0.2) is 34.9 Å². The van der Waals surface area contributed by atoms with E-state index < -0.39 is 0 Å². The van der Waals surface area contributed by atoms with Gasteiger partial charge in [0, 0.05) is 10.7 Å². The third kappa shape index (κ3) is 3.19. The smallest absolute Gasteiger partial charge is 0.258 e. The number of carbonyl (C=O) groups excluding carboxylic acids is 1. The summed E-state index contributed by atoms with van der Waals surface area (Å²) < 4.78 is 0.762. The highest BCUT2D eigenvalue weighted by Gasteiger charge is 2.11. The number of halogens is 3. The Kier molecular flexibility index (Phi) is 4.16. The lowest BCUT2D eigenvalue weighted by atomic mass is 10.2. The van der Waals surface area contributed by atoms with Crippen molar-refractivity contribution in [2.45, 2.75) is 0 Å². The second-order valence-corrected chi connectivity index (χ2v) is 4.95. The Morgan fingerprint density at radius 3 is 2.78 bits per heavy atom. The molecule has 0 aliphatic heterocycles. The van der Waals surface area contributed by atoms with E-state index in [0.29, 0.717) is 16.4 Å². The van der Waals surface area contributed by atoms with Crippen molar-refractivity contribution in [2.75, 3.05) is 5.32 Å². The minimum absolute atomic E-state index is 0.0631. The van der Waals surface area contributed by atoms with Crippen LogP contribution < -0.4 is 5.32 Å². The first-order chi connectivity index (χ1) is 8.56. The van der Waals surface area contributed by atoms with Crippen molar-refractivity contribution in [1.82, 2.24) is 9.97 Å². The van der Waals surface area contributed by atoms with Crippen LogP contribution in [0.1, 0.15) is 10.4 Å². The summed E-state index contributed by atoms with van der Waals surface area (Å²) in [7, 11) is 0. The minimum atomic E-state index is -0.365. The predicted octanol–water partition coefficient (Wildman–Crippen LogP) is 3.80. The highest BCUT2D eigenvalue weighted by atomic mass is 79.9. The molecule has 1 N–H and O–H groups in total. The van der Waals surface area contributed by atoms with Gasteiger partial charge in [-0.15, -0.1) is 0 Å². The Labute approximate surface area is 121 Å². The van der Waals surface area contributed by atoms with Crippen LogP contribution in [0, 0.1) is 0 Å². The molecule has 0 atom stereocenters. The Hall–Kier alpha value is -1.17. The maximum absolute atomic E-state index is 12.0. The van der Waals surface area contributed by atoms with Gasteiger partial charge in [0.15, 0.2) is 0 Å². The summed E-state index contributed by atoms with van der Waals surface area (Å²) in [5.41, 5.74) is 0.348. The lowest BCUT2D eigenvalue weighted by Crippen LogP contribution is -2.13. The molecule has 0 spiro atoms. The van der Waals surface area contributed by atoms with Gasteiger partial charge in [-0.1, -0.05) is 27.5 Å². The number of aromatic nitrogens is 2. The fourth-order valence-electron chi connectivity index (χ4n) is 1.26. The third-order valence-electron chi connectivity index (χ3n) is 2.04. The number of carbonyl (C=O) groups is 1. The molecular formula is C11H6BrCl2N3O. The SMILES string of the molecule is O=C(Nc1ccnc(Cl)n1)c1cc(Br)ccc1Cl. The molecule has 0 saturated heterocycles. The van der Waals surface area contributed by atoms with Crippen molar-refractivity contribution in [2.24, 2.45) is 0 Å². The summed E-state index contributed by atoms with van der Waals surface area (Å²) in [6, 6.07) is 6.55. The fraction of sp³-hybridized carbons (Fsp3) is 0. The molecule has 1 aromatic heterocycles. The Morgan fingerprint density at radius 2 is 2.06 bits per heavy atom. The van der Waals surface area contributed by atoms with E-state index in [0.717, 1.165) is 4.47 Å². The molecule has 1 aromatic carbocycles. The first kappa shape index (κ1) is 13.3. The van der Waals surface area contributed by atoms with Crippen molar-refractivity contribution in [3.8, 4) is 0 Å². The number of nitrogens with zero attached hydrogens (tertiary/aromatic N) is 2. The molecule has 0 bridgehead atoms. The van der Waals surface area contributed by atoms with Crippen LogP contribution in [0.3, 0.4) is 0 Å². The lowest BCUT2D eigenvalue weighted by molar-refractivity contribution is 0.102. The maximum atomic E-state index is 12.0. The van der Waals surface area contributed by atoms with Gasteiger partial charge in [-0.25, -0.2) is 9.97 Å². The average Bonchev–Trinajstić information content (AvgIpc) is 2.32. The van der Waals surface area contributed by atoms with Gasteiger partial charge >= 0.3 is 0 Å². The molecule has 2 aromatic rings. The Morgan fingerprint density at radius 1 is 1.28 bits per heavy atom. The molecule has 1 amide bonds. The van der Waals surface area contributed by atoms with E-state index >= 15 is 0 Å². The summed E-state index contributed by atoms with van der Waals surface area (Å²) in [5.74, 6) is -0.0490. The summed E-state index contributed by atoms with van der Waals surface area (Å²) in [6.07, 6.45) is 1.45. The van der Waals surface area contributed by atoms with Gasteiger partial charge < -0.3 is 5.32 Å². The van der Waals surface area contributed by atoms with E-state index in [9.17, 15) is 4.79 Å². The van der Waals surface area contributed by atoms with Crippen LogP contribution in [0.25, 0.3) is 0 Å². The monoisotopic (exact) mass is 345 g/mol. The van der Waals surface area contributed by atoms with Crippen LogP contribution in [0.4, 0.5) is 5.82 Å². The normalized spacial score (nSPS) is 10.2. The zero-order valence-electron chi connectivity index (χ0n) is 8.82. The molecular weight excluding hydrogens is 341 g/mol. The number of hydrogen-bond donors (Lipinski definition) is 1. The van der Waals surface area contributed by atoms with Crippen LogP contribution >= 0.6 is 39.1 Å². The molecule has 0 radical (unpaired) electrons. The highest BCUT2D eigenvalue weighted by molar-refractivity contribution is 9.10. The van der Waals surface area contributed by atoms with E-state index in [4.69, 9.17) is 23.2 Å². The number of rotatable bonds is 2. The molecule has 7 heteroatoms. The highest BCUT2D eigenvalue weighted by Crippen LogP contribution is 2.21. The first-order valence-electron chi connectivity index (χ1n) is 4.81. The van der Waals surface area contributed by atoms with E-state index in [1.807, 2.05) is 0 Å². The third-order valence-corrected chi connectivity index (χ3v) is 3.05. The largest absolute Gasteiger partial charge is 0.306 e. The molecule has 0 aliphatic rings. The van der Waals surface area contributed by atoms with Crippen LogP contribution in [0.5, 0.6) is 0 Å². The summed E-state index contributed by atoms with van der Waals surface area (Å²) in [6.45, 7) is 0. The van der Waals surface area contributed by atoms with Crippen molar-refractivity contribution in [3.63, 3.8) is 0 Å². The number of amides is 1. The second kappa shape index (κ2) is 5.65. The summed E-state index contributed by atoms with van der Waals surface area (Å²) in [4.78, 5) is 19.6. The minimum Gasteiger partial charge on any atom is -0.306 e. The summed E-state index contributed by atoms with van der Waals surface area (Å²) >= 11 is 14.8. The lowest BCUT2D eigenvalue weighted by Gasteiger charge is -2.06. The standard InChI is InChI=1S/C11H6BrCl2N3O/c12-6-1-2-8(13)7(5-6)10(18)16-9-3-4-15-11(14)17-9/h1-5H,(H,15,16,17,18). The zero-order chi connectivity index (χ0) is 13.1. The van der Waals surface area contributed by atoms with Gasteiger partial charge in [-0.3, -0.25) is 4.79 Å². The molecule has 1 heterocycles. The molecule has 0 unspecified atom stereocenters. The van der Waals surface area contributed by atoms with Gasteiger partial charge in [0.05, 0.1) is 10.6 Å². The zero-order valence-corrected chi connectivity index (χ0v) is 11.9. The first-order valence-corrected chi connectivity index (χ1v) is 6.36. The average molecular weight is 347 g/mol. The quantitative estimate of drug-likeness (QED) is 0.841. The number of anilines is 1. The summed E-state index contributed by atoms with van der Waals surface area (Å²) in [5, 5.41) is 3.01. The molecule has 18 heavy (non-hydrogen) atoms. The van der Waals surface area contributed by atoms with Crippen LogP contribution in [0.2, 0.25) is 10.3 Å². The van der Waals surface area contributed by atoms with Gasteiger partial charge in [0.2, 0.25) is 5.28 Å². The van der Waals surface area contributed by atoms with Gasteiger partial charge in [0.1, 0.15) is 5.82 Å². The van der Waals surface area contributed by atoms with Gasteiger partial charge in [-0.05, 0) is 35.9 Å². The van der Waals surface area contributed by atoms with Crippen molar-refractivity contribution < 1.29 is 4.79 Å². The molecule has 2 rings (SSSR count). The van der Waals surface area contributed by atoms with Crippen LogP contribution in [-0.2, 0) is 0 Å². The Balaban J connectivity index is 2.24. The number of benzene rings is 1. The number of nitrogens with one attached hydrogen (secondary N) is 1. The fourth-order valence-corrected chi connectivity index (χ4v) is 1.97. The van der Waals surface area contributed by atoms with Gasteiger partial charge in [0.25, 0.3) is 5.91 Å². The topological polar surface area (TPSA) is 54.9 Å². The van der Waals surface area contributed by atoms with Crippen molar-refractivity contribution in [3.05, 3.63) is 50.8 Å². The maximum Gasteiger partial charge on any atom is 0.258 e. The predicted molar refractivity (Wildman–Crippen MR) is 74.1 cm³/mol. The Bertz CT molecular complexity index is 607. The van der Waals surface area contributed by atoms with E-state index in [1.54, 1.807) is 18.2 Å². The molecule has 0 aliphatic carbocycles. The van der Waals surface area contributed by atoms with Crippen molar-refractivity contribution in [1.29, 1.82) is 0 Å². The molecule has 0 saturated carbocycles. The number of hydrogen-bond acceptors (Lipinski definition) is 3. The second-order valence-electron chi connectivity index (χ2n) is 3.29. The molecule has 0 fully saturated rings. The van der Waals surface area contributed by atoms with Crippen LogP contribution in [-0.4, -0.2) is 15.9 Å². The van der Waals surface area contributed by atoms with Gasteiger partial charge in [-0.2, -0.15) is 0 Å². The molecule has 92 valence electrons. The van der Waals surface area contributed by atoms with E-state index in [-0.39, 0.29) is 11.2 Å². The van der Waals surface area contributed by atoms with E-state index in [2.05, 4.69) is 31.2 Å². The van der Waals surface area contributed by atoms with Crippen molar-refractivity contribution >= 4 is 50.9 Å². The van der Waals surface area contributed by atoms with E-state index in [1.165, 1.54) is 12.3 Å².